The Morgan fingerprint density at radius 2 is 1.74 bits per heavy atom. The number of nitrogens with zero attached hydrogens (tertiary/aromatic N) is 1. The summed E-state index contributed by atoms with van der Waals surface area (Å²) < 4.78 is 9.96. The van der Waals surface area contributed by atoms with Gasteiger partial charge in [-0.3, -0.25) is 9.59 Å². The summed E-state index contributed by atoms with van der Waals surface area (Å²) in [6.45, 7) is 3.19. The molecule has 0 fully saturated rings. The van der Waals surface area contributed by atoms with Crippen molar-refractivity contribution in [2.75, 3.05) is 23.0 Å². The van der Waals surface area contributed by atoms with Crippen LogP contribution in [0.3, 0.4) is 0 Å². The van der Waals surface area contributed by atoms with E-state index in [9.17, 15) is 14.4 Å². The van der Waals surface area contributed by atoms with Gasteiger partial charge in [0.1, 0.15) is 5.76 Å². The predicted molar refractivity (Wildman–Crippen MR) is 117 cm³/mol. The Balaban J connectivity index is 1.52. The highest BCUT2D eigenvalue weighted by molar-refractivity contribution is 8.00. The molecule has 2 amide bonds. The van der Waals surface area contributed by atoms with Gasteiger partial charge in [0.05, 0.1) is 11.3 Å². The monoisotopic (exact) mass is 439 g/mol. The molecular weight excluding hydrogens is 418 g/mol. The van der Waals surface area contributed by atoms with Crippen molar-refractivity contribution in [1.29, 1.82) is 0 Å². The molecule has 0 atom stereocenters. The topological polar surface area (TPSA) is 111 Å². The molecule has 0 radical (unpaired) electrons. The zero-order valence-electron chi connectivity index (χ0n) is 17.0. The van der Waals surface area contributed by atoms with Crippen LogP contribution in [0.1, 0.15) is 21.7 Å². The van der Waals surface area contributed by atoms with Crippen LogP contribution in [0, 0.1) is 13.8 Å². The second-order valence-corrected chi connectivity index (χ2v) is 7.66. The summed E-state index contributed by atoms with van der Waals surface area (Å²) in [5.41, 5.74) is 2.09. The molecule has 0 unspecified atom stereocenters. The minimum Gasteiger partial charge on any atom is -0.452 e. The number of esters is 1. The summed E-state index contributed by atoms with van der Waals surface area (Å²) >= 11 is 1.21. The number of ether oxygens (including phenoxy) is 1. The van der Waals surface area contributed by atoms with Crippen molar-refractivity contribution in [3.8, 4) is 0 Å². The fraction of sp³-hybridized carbons (Fsp3) is 0.182. The second-order valence-electron chi connectivity index (χ2n) is 6.65. The van der Waals surface area contributed by atoms with Crippen LogP contribution in [0.15, 0.2) is 64.0 Å². The number of hydrogen-bond donors (Lipinski definition) is 2. The third-order valence-electron chi connectivity index (χ3n) is 4.03. The largest absolute Gasteiger partial charge is 0.452 e. The molecule has 1 heterocycles. The number of amides is 2. The van der Waals surface area contributed by atoms with Gasteiger partial charge < -0.3 is 19.9 Å². The summed E-state index contributed by atoms with van der Waals surface area (Å²) in [6.07, 6.45) is 0. The first kappa shape index (κ1) is 22.1. The average Bonchev–Trinajstić information content (AvgIpc) is 3.17. The van der Waals surface area contributed by atoms with E-state index in [2.05, 4.69) is 15.8 Å². The molecule has 0 aliphatic carbocycles. The predicted octanol–water partition coefficient (Wildman–Crippen LogP) is 3.82. The molecule has 9 heteroatoms. The molecule has 0 saturated carbocycles. The van der Waals surface area contributed by atoms with Crippen molar-refractivity contribution in [3.05, 3.63) is 71.5 Å². The number of carbonyl (C=O) groups excluding carboxylic acids is 3. The quantitative estimate of drug-likeness (QED) is 0.405. The van der Waals surface area contributed by atoms with Crippen LogP contribution in [-0.2, 0) is 14.3 Å². The minimum absolute atomic E-state index is 0.115. The molecular formula is C22H21N3O5S. The first-order valence-electron chi connectivity index (χ1n) is 9.39. The van der Waals surface area contributed by atoms with Crippen molar-refractivity contribution in [3.63, 3.8) is 0 Å². The number of aryl methyl sites for hydroxylation is 2. The van der Waals surface area contributed by atoms with Gasteiger partial charge in [-0.2, -0.15) is 0 Å². The fourth-order valence-corrected chi connectivity index (χ4v) is 3.39. The normalized spacial score (nSPS) is 10.4. The molecule has 8 nitrogen and oxygen atoms in total. The zero-order chi connectivity index (χ0) is 22.2. The lowest BCUT2D eigenvalue weighted by molar-refractivity contribution is -0.119. The summed E-state index contributed by atoms with van der Waals surface area (Å²) in [4.78, 5) is 37.2. The lowest BCUT2D eigenvalue weighted by Gasteiger charge is -2.10. The number of hydrogen-bond acceptors (Lipinski definition) is 7. The Labute approximate surface area is 183 Å². The van der Waals surface area contributed by atoms with Gasteiger partial charge >= 0.3 is 5.97 Å². The van der Waals surface area contributed by atoms with Crippen LogP contribution in [0.2, 0.25) is 0 Å². The van der Waals surface area contributed by atoms with Gasteiger partial charge in [-0.1, -0.05) is 35.0 Å². The van der Waals surface area contributed by atoms with Gasteiger partial charge in [0.15, 0.2) is 12.4 Å². The summed E-state index contributed by atoms with van der Waals surface area (Å²) in [5, 5.41) is 8.92. The van der Waals surface area contributed by atoms with Gasteiger partial charge in [-0.25, -0.2) is 4.79 Å². The van der Waals surface area contributed by atoms with E-state index in [0.717, 1.165) is 5.56 Å². The van der Waals surface area contributed by atoms with Gasteiger partial charge in [0.2, 0.25) is 5.91 Å². The minimum atomic E-state index is -0.659. The van der Waals surface area contributed by atoms with E-state index in [1.54, 1.807) is 37.3 Å². The molecule has 2 aromatic carbocycles. The number of nitrogens with one attached hydrogen (secondary N) is 2. The average molecular weight is 439 g/mol. The Bertz CT molecular complexity index is 1080. The molecule has 31 heavy (non-hydrogen) atoms. The second kappa shape index (κ2) is 10.4. The highest BCUT2D eigenvalue weighted by Crippen LogP contribution is 2.24. The lowest BCUT2D eigenvalue weighted by Crippen LogP contribution is -2.21. The number of thioether (sulfide) groups is 1. The van der Waals surface area contributed by atoms with Crippen molar-refractivity contribution in [2.45, 2.75) is 18.7 Å². The summed E-state index contributed by atoms with van der Waals surface area (Å²) in [5.74, 6) is -0.486. The molecule has 0 bridgehead atoms. The fourth-order valence-electron chi connectivity index (χ4n) is 2.55. The van der Waals surface area contributed by atoms with Crippen LogP contribution >= 0.6 is 11.8 Å². The standard InChI is InChI=1S/C22H21N3O5S/c1-14-7-9-16(10-8-14)23-21(27)13-31-18-6-4-3-5-17(18)22(28)29-12-20(26)24-19-11-15(2)30-25-19/h3-11H,12-13H2,1-2H3,(H,23,27)(H,24,25,26). The van der Waals surface area contributed by atoms with Crippen LogP contribution in [0.4, 0.5) is 11.5 Å². The molecule has 0 aliphatic heterocycles. The third-order valence-corrected chi connectivity index (χ3v) is 5.10. The maximum Gasteiger partial charge on any atom is 0.339 e. The van der Waals surface area contributed by atoms with E-state index in [1.165, 1.54) is 11.8 Å². The first-order valence-corrected chi connectivity index (χ1v) is 10.4. The Kier molecular flexibility index (Phi) is 7.45. The maximum atomic E-state index is 12.4. The molecule has 0 saturated heterocycles. The molecule has 160 valence electrons. The van der Waals surface area contributed by atoms with E-state index >= 15 is 0 Å². The van der Waals surface area contributed by atoms with Gasteiger partial charge in [0, 0.05) is 16.6 Å². The lowest BCUT2D eigenvalue weighted by atomic mass is 10.2. The molecule has 3 aromatic rings. The highest BCUT2D eigenvalue weighted by Gasteiger charge is 2.16. The maximum absolute atomic E-state index is 12.4. The van der Waals surface area contributed by atoms with E-state index in [-0.39, 0.29) is 23.0 Å². The van der Waals surface area contributed by atoms with Crippen molar-refractivity contribution in [2.24, 2.45) is 0 Å². The Morgan fingerprint density at radius 3 is 2.45 bits per heavy atom. The zero-order valence-corrected chi connectivity index (χ0v) is 17.8. The van der Waals surface area contributed by atoms with E-state index in [0.29, 0.717) is 16.3 Å². The van der Waals surface area contributed by atoms with Crippen LogP contribution in [0.5, 0.6) is 0 Å². The first-order chi connectivity index (χ1) is 14.9. The summed E-state index contributed by atoms with van der Waals surface area (Å²) in [6, 6.07) is 15.8. The van der Waals surface area contributed by atoms with Crippen molar-refractivity contribution in [1.82, 2.24) is 5.16 Å². The Hall–Kier alpha value is -3.59. The number of carbonyl (C=O) groups is 3. The van der Waals surface area contributed by atoms with Crippen LogP contribution in [0.25, 0.3) is 0 Å². The van der Waals surface area contributed by atoms with E-state index in [1.807, 2.05) is 31.2 Å². The smallest absolute Gasteiger partial charge is 0.339 e. The van der Waals surface area contributed by atoms with Gasteiger partial charge in [-0.15, -0.1) is 11.8 Å². The van der Waals surface area contributed by atoms with Crippen LogP contribution < -0.4 is 10.6 Å². The SMILES string of the molecule is Cc1ccc(NC(=O)CSc2ccccc2C(=O)OCC(=O)Nc2cc(C)on2)cc1. The van der Waals surface area contributed by atoms with E-state index in [4.69, 9.17) is 9.26 Å². The van der Waals surface area contributed by atoms with Gasteiger partial charge in [0.25, 0.3) is 5.91 Å². The summed E-state index contributed by atoms with van der Waals surface area (Å²) in [7, 11) is 0. The molecule has 0 aliphatic rings. The van der Waals surface area contributed by atoms with Crippen molar-refractivity contribution >= 4 is 41.1 Å². The molecule has 2 N–H and O–H groups in total. The van der Waals surface area contributed by atoms with Gasteiger partial charge in [-0.05, 0) is 38.1 Å². The molecule has 3 rings (SSSR count). The number of anilines is 2. The van der Waals surface area contributed by atoms with Crippen LogP contribution in [-0.4, -0.2) is 35.3 Å². The van der Waals surface area contributed by atoms with Crippen molar-refractivity contribution < 1.29 is 23.6 Å². The number of benzene rings is 2. The number of aromatic nitrogens is 1. The van der Waals surface area contributed by atoms with E-state index < -0.39 is 18.5 Å². The number of rotatable bonds is 8. The third kappa shape index (κ3) is 6.71. The molecule has 1 aromatic heterocycles. The highest BCUT2D eigenvalue weighted by atomic mass is 32.2. The molecule has 0 spiro atoms. The Morgan fingerprint density at radius 1 is 1.00 bits per heavy atom.